The smallest absolute Gasteiger partial charge is 0.319 e. The average molecular weight is 248 g/mol. The molecule has 4 heteroatoms. The van der Waals surface area contributed by atoms with Gasteiger partial charge in [-0.1, -0.05) is 25.1 Å². The molecule has 1 saturated heterocycles. The molecular weight excluding hydrogens is 228 g/mol. The summed E-state index contributed by atoms with van der Waals surface area (Å²) in [6, 6.07) is 8.15. The number of aryl methyl sites for hydroxylation is 1. The largest absolute Gasteiger partial charge is 0.491 e. The number of carbonyl (C=O) groups excluding carboxylic acids is 1. The number of ether oxygens (including phenoxy) is 1. The second-order valence-electron chi connectivity index (χ2n) is 4.50. The van der Waals surface area contributed by atoms with Crippen molar-refractivity contribution in [2.45, 2.75) is 13.3 Å². The molecule has 4 nitrogen and oxygen atoms in total. The van der Waals surface area contributed by atoms with Crippen molar-refractivity contribution < 1.29 is 9.53 Å². The van der Waals surface area contributed by atoms with Gasteiger partial charge in [0.1, 0.15) is 12.4 Å². The lowest BCUT2D eigenvalue weighted by atomic mass is 10.1. The van der Waals surface area contributed by atoms with Crippen LogP contribution in [-0.4, -0.2) is 49.1 Å². The van der Waals surface area contributed by atoms with E-state index in [1.165, 1.54) is 5.56 Å². The van der Waals surface area contributed by atoms with Crippen LogP contribution in [0.5, 0.6) is 5.75 Å². The Balaban J connectivity index is 1.83. The van der Waals surface area contributed by atoms with Crippen LogP contribution in [0.4, 0.5) is 4.79 Å². The maximum atomic E-state index is 11.7. The van der Waals surface area contributed by atoms with Crippen molar-refractivity contribution >= 4 is 6.03 Å². The monoisotopic (exact) mass is 248 g/mol. The van der Waals surface area contributed by atoms with Gasteiger partial charge < -0.3 is 14.5 Å². The Labute approximate surface area is 108 Å². The van der Waals surface area contributed by atoms with Crippen molar-refractivity contribution in [1.82, 2.24) is 9.80 Å². The maximum Gasteiger partial charge on any atom is 0.319 e. The van der Waals surface area contributed by atoms with E-state index >= 15 is 0 Å². The summed E-state index contributed by atoms with van der Waals surface area (Å²) in [5.74, 6) is 0.931. The molecule has 98 valence electrons. The summed E-state index contributed by atoms with van der Waals surface area (Å²) in [6.45, 7) is 4.93. The molecule has 0 N–H and O–H groups in total. The number of hydrogen-bond acceptors (Lipinski definition) is 2. The Kier molecular flexibility index (Phi) is 4.07. The van der Waals surface area contributed by atoms with Gasteiger partial charge in [0.15, 0.2) is 0 Å². The van der Waals surface area contributed by atoms with Crippen molar-refractivity contribution in [3.05, 3.63) is 29.8 Å². The molecule has 0 atom stereocenters. The van der Waals surface area contributed by atoms with Gasteiger partial charge in [-0.3, -0.25) is 0 Å². The third-order valence-electron chi connectivity index (χ3n) is 3.27. The number of urea groups is 1. The normalized spacial score (nSPS) is 15.3. The van der Waals surface area contributed by atoms with Gasteiger partial charge in [-0.05, 0) is 18.1 Å². The van der Waals surface area contributed by atoms with E-state index in [4.69, 9.17) is 4.74 Å². The van der Waals surface area contributed by atoms with Gasteiger partial charge >= 0.3 is 6.03 Å². The zero-order valence-electron chi connectivity index (χ0n) is 11.1. The molecule has 0 bridgehead atoms. The van der Waals surface area contributed by atoms with Crippen LogP contribution in [0.25, 0.3) is 0 Å². The minimum absolute atomic E-state index is 0.0994. The predicted octanol–water partition coefficient (Wildman–Crippen LogP) is 2.00. The Morgan fingerprint density at radius 1 is 1.28 bits per heavy atom. The van der Waals surface area contributed by atoms with Crippen molar-refractivity contribution in [3.8, 4) is 5.75 Å². The highest BCUT2D eigenvalue weighted by molar-refractivity contribution is 5.76. The number of amides is 2. The number of carbonyl (C=O) groups is 1. The summed E-state index contributed by atoms with van der Waals surface area (Å²) in [5.41, 5.74) is 1.21. The molecule has 1 aliphatic rings. The van der Waals surface area contributed by atoms with Crippen LogP contribution in [0.2, 0.25) is 0 Å². The van der Waals surface area contributed by atoms with Crippen LogP contribution in [0, 0.1) is 0 Å². The fourth-order valence-electron chi connectivity index (χ4n) is 2.11. The van der Waals surface area contributed by atoms with Crippen LogP contribution >= 0.6 is 0 Å². The van der Waals surface area contributed by atoms with E-state index in [0.29, 0.717) is 13.2 Å². The van der Waals surface area contributed by atoms with Gasteiger partial charge in [0.2, 0.25) is 0 Å². The molecule has 0 aromatic heterocycles. The number of benzene rings is 1. The molecule has 0 radical (unpaired) electrons. The summed E-state index contributed by atoms with van der Waals surface area (Å²) in [7, 11) is 1.83. The van der Waals surface area contributed by atoms with Crippen molar-refractivity contribution in [2.24, 2.45) is 0 Å². The molecule has 0 spiro atoms. The van der Waals surface area contributed by atoms with Gasteiger partial charge in [0.05, 0.1) is 6.54 Å². The van der Waals surface area contributed by atoms with Crippen molar-refractivity contribution in [3.63, 3.8) is 0 Å². The van der Waals surface area contributed by atoms with Crippen LogP contribution < -0.4 is 4.74 Å². The first-order valence-electron chi connectivity index (χ1n) is 6.43. The van der Waals surface area contributed by atoms with Gasteiger partial charge in [-0.25, -0.2) is 4.79 Å². The average Bonchev–Trinajstić information content (AvgIpc) is 2.71. The fraction of sp³-hybridized carbons (Fsp3) is 0.500. The van der Waals surface area contributed by atoms with E-state index < -0.39 is 0 Å². The second kappa shape index (κ2) is 5.76. The van der Waals surface area contributed by atoms with E-state index in [1.54, 1.807) is 4.90 Å². The predicted molar refractivity (Wildman–Crippen MR) is 70.9 cm³/mol. The quantitative estimate of drug-likeness (QED) is 0.798. The lowest BCUT2D eigenvalue weighted by Crippen LogP contribution is -2.32. The van der Waals surface area contributed by atoms with E-state index in [9.17, 15) is 4.79 Å². The molecule has 0 aliphatic carbocycles. The Morgan fingerprint density at radius 3 is 2.72 bits per heavy atom. The van der Waals surface area contributed by atoms with E-state index in [0.717, 1.165) is 25.3 Å². The standard InChI is InChI=1S/C14H20N2O2/c1-3-12-6-4-5-7-13(12)18-11-10-16-9-8-15(2)14(16)17/h4-7H,3,8-11H2,1-2H3. The lowest BCUT2D eigenvalue weighted by molar-refractivity contribution is 0.187. The summed E-state index contributed by atoms with van der Waals surface area (Å²) in [5, 5.41) is 0. The maximum absolute atomic E-state index is 11.7. The first-order chi connectivity index (χ1) is 8.72. The van der Waals surface area contributed by atoms with Crippen LogP contribution in [0.1, 0.15) is 12.5 Å². The topological polar surface area (TPSA) is 32.8 Å². The zero-order valence-corrected chi connectivity index (χ0v) is 11.1. The summed E-state index contributed by atoms with van der Waals surface area (Å²) in [6.07, 6.45) is 0.960. The number of rotatable bonds is 5. The second-order valence-corrected chi connectivity index (χ2v) is 4.50. The molecule has 2 amide bonds. The summed E-state index contributed by atoms with van der Waals surface area (Å²) in [4.78, 5) is 15.2. The molecule has 0 unspecified atom stereocenters. The molecule has 0 saturated carbocycles. The van der Waals surface area contributed by atoms with Crippen LogP contribution in [0.3, 0.4) is 0 Å². The lowest BCUT2D eigenvalue weighted by Gasteiger charge is -2.17. The van der Waals surface area contributed by atoms with E-state index in [-0.39, 0.29) is 6.03 Å². The van der Waals surface area contributed by atoms with Crippen molar-refractivity contribution in [1.29, 1.82) is 0 Å². The fourth-order valence-corrected chi connectivity index (χ4v) is 2.11. The Hall–Kier alpha value is -1.71. The van der Waals surface area contributed by atoms with Crippen molar-refractivity contribution in [2.75, 3.05) is 33.3 Å². The minimum Gasteiger partial charge on any atom is -0.491 e. The first kappa shape index (κ1) is 12.7. The molecule has 1 aromatic rings. The Bertz CT molecular complexity index is 420. The number of likely N-dealkylation sites (N-methyl/N-ethyl adjacent to an activating group) is 1. The minimum atomic E-state index is 0.0994. The molecule has 1 aliphatic heterocycles. The molecule has 1 aromatic carbocycles. The van der Waals surface area contributed by atoms with Gasteiger partial charge in [0, 0.05) is 20.1 Å². The van der Waals surface area contributed by atoms with E-state index in [2.05, 4.69) is 13.0 Å². The van der Waals surface area contributed by atoms with E-state index in [1.807, 2.05) is 30.1 Å². The number of nitrogens with zero attached hydrogens (tertiary/aromatic N) is 2. The molecule has 1 fully saturated rings. The SMILES string of the molecule is CCc1ccccc1OCCN1CCN(C)C1=O. The number of para-hydroxylation sites is 1. The van der Waals surface area contributed by atoms with Gasteiger partial charge in [-0.2, -0.15) is 0 Å². The van der Waals surface area contributed by atoms with Gasteiger partial charge in [-0.15, -0.1) is 0 Å². The molecule has 18 heavy (non-hydrogen) atoms. The van der Waals surface area contributed by atoms with Crippen LogP contribution in [0.15, 0.2) is 24.3 Å². The highest BCUT2D eigenvalue weighted by Crippen LogP contribution is 2.18. The zero-order chi connectivity index (χ0) is 13.0. The van der Waals surface area contributed by atoms with Crippen LogP contribution in [-0.2, 0) is 6.42 Å². The third kappa shape index (κ3) is 2.75. The molecular formula is C14H20N2O2. The van der Waals surface area contributed by atoms with Gasteiger partial charge in [0.25, 0.3) is 0 Å². The summed E-state index contributed by atoms with van der Waals surface area (Å²) >= 11 is 0. The summed E-state index contributed by atoms with van der Waals surface area (Å²) < 4.78 is 5.76. The molecule has 2 rings (SSSR count). The third-order valence-corrected chi connectivity index (χ3v) is 3.27. The Morgan fingerprint density at radius 2 is 2.06 bits per heavy atom. The highest BCUT2D eigenvalue weighted by Gasteiger charge is 2.24. The molecule has 1 heterocycles. The highest BCUT2D eigenvalue weighted by atomic mass is 16.5. The number of hydrogen-bond donors (Lipinski definition) is 0. The first-order valence-corrected chi connectivity index (χ1v) is 6.43.